The largest absolute Gasteiger partial charge is 0.573 e. The van der Waals surface area contributed by atoms with Crippen LogP contribution in [0.2, 0.25) is 0 Å². The van der Waals surface area contributed by atoms with Crippen molar-refractivity contribution in [1.29, 1.82) is 0 Å². The van der Waals surface area contributed by atoms with E-state index in [0.717, 1.165) is 12.1 Å². The van der Waals surface area contributed by atoms with Gasteiger partial charge >= 0.3 is 12.5 Å². The first-order chi connectivity index (χ1) is 12.4. The van der Waals surface area contributed by atoms with E-state index in [1.165, 1.54) is 17.0 Å². The second-order valence-corrected chi connectivity index (χ2v) is 7.92. The molecule has 0 aliphatic carbocycles. The van der Waals surface area contributed by atoms with Gasteiger partial charge in [-0.25, -0.2) is 13.1 Å². The summed E-state index contributed by atoms with van der Waals surface area (Å²) in [6, 6.07) is 4.33. The predicted octanol–water partition coefficient (Wildman–Crippen LogP) is 3.14. The van der Waals surface area contributed by atoms with E-state index in [4.69, 9.17) is 0 Å². The molecule has 1 aliphatic rings. The van der Waals surface area contributed by atoms with E-state index >= 15 is 0 Å². The summed E-state index contributed by atoms with van der Waals surface area (Å²) >= 11 is 0. The number of likely N-dealkylation sites (tertiary alicyclic amines) is 1. The van der Waals surface area contributed by atoms with E-state index in [-0.39, 0.29) is 25.6 Å². The van der Waals surface area contributed by atoms with Gasteiger partial charge in [0.05, 0.1) is 6.54 Å². The zero-order valence-electron chi connectivity index (χ0n) is 14.0. The van der Waals surface area contributed by atoms with Crippen molar-refractivity contribution in [2.24, 2.45) is 5.92 Å². The molecule has 12 heteroatoms. The molecule has 1 aromatic rings. The third kappa shape index (κ3) is 7.18. The molecule has 0 amide bonds. The second-order valence-electron chi connectivity index (χ2n) is 6.18. The molecule has 1 aliphatic heterocycles. The van der Waals surface area contributed by atoms with E-state index in [0.29, 0.717) is 12.8 Å². The zero-order valence-corrected chi connectivity index (χ0v) is 14.8. The van der Waals surface area contributed by atoms with Crippen molar-refractivity contribution < 1.29 is 39.5 Å². The Balaban J connectivity index is 1.95. The van der Waals surface area contributed by atoms with Crippen molar-refractivity contribution >= 4 is 10.0 Å². The highest BCUT2D eigenvalue weighted by Crippen LogP contribution is 2.29. The number of nitrogens with zero attached hydrogens (tertiary/aromatic N) is 1. The summed E-state index contributed by atoms with van der Waals surface area (Å²) in [5.41, 5.74) is 0. The normalized spacial score (nSPS) is 17.9. The molecule has 1 N–H and O–H groups in total. The number of piperidine rings is 1. The highest BCUT2D eigenvalue weighted by atomic mass is 32.2. The van der Waals surface area contributed by atoms with Crippen molar-refractivity contribution in [3.05, 3.63) is 24.3 Å². The van der Waals surface area contributed by atoms with Crippen LogP contribution in [0.15, 0.2) is 29.2 Å². The van der Waals surface area contributed by atoms with Gasteiger partial charge in [-0.3, -0.25) is 4.90 Å². The Hall–Kier alpha value is -1.53. The summed E-state index contributed by atoms with van der Waals surface area (Å²) in [5.74, 6) is -1.06. The van der Waals surface area contributed by atoms with Crippen molar-refractivity contribution in [2.75, 3.05) is 26.2 Å². The van der Waals surface area contributed by atoms with E-state index in [2.05, 4.69) is 9.46 Å². The Bertz CT molecular complexity index is 728. The van der Waals surface area contributed by atoms with E-state index in [1.807, 2.05) is 0 Å². The SMILES string of the molecule is O=S(=O)(NCC1CCN(CC(F)(F)F)CC1)c1ccccc1OC(F)(F)F. The summed E-state index contributed by atoms with van der Waals surface area (Å²) in [7, 11) is -4.27. The minimum Gasteiger partial charge on any atom is -0.404 e. The van der Waals surface area contributed by atoms with Crippen molar-refractivity contribution in [2.45, 2.75) is 30.3 Å². The van der Waals surface area contributed by atoms with E-state index < -0.39 is 39.8 Å². The molecular weight excluding hydrogens is 402 g/mol. The maximum Gasteiger partial charge on any atom is 0.573 e. The molecule has 2 rings (SSSR count). The molecule has 0 saturated carbocycles. The molecule has 0 bridgehead atoms. The van der Waals surface area contributed by atoms with Crippen LogP contribution in [-0.2, 0) is 10.0 Å². The van der Waals surface area contributed by atoms with Gasteiger partial charge in [0.2, 0.25) is 10.0 Å². The first kappa shape index (κ1) is 21.8. The number of rotatable bonds is 6. The topological polar surface area (TPSA) is 58.6 Å². The minimum absolute atomic E-state index is 0.0808. The van der Waals surface area contributed by atoms with Gasteiger partial charge in [-0.2, -0.15) is 13.2 Å². The highest BCUT2D eigenvalue weighted by Gasteiger charge is 2.35. The lowest BCUT2D eigenvalue weighted by Gasteiger charge is -2.32. The number of ether oxygens (including phenoxy) is 1. The van der Waals surface area contributed by atoms with Gasteiger partial charge in [0.1, 0.15) is 10.6 Å². The highest BCUT2D eigenvalue weighted by molar-refractivity contribution is 7.89. The molecule has 1 heterocycles. The van der Waals surface area contributed by atoms with Gasteiger partial charge in [-0.15, -0.1) is 13.2 Å². The van der Waals surface area contributed by atoms with Crippen LogP contribution in [0.1, 0.15) is 12.8 Å². The third-order valence-corrected chi connectivity index (χ3v) is 5.50. The Morgan fingerprint density at radius 3 is 2.22 bits per heavy atom. The number of hydrogen-bond donors (Lipinski definition) is 1. The zero-order chi connectivity index (χ0) is 20.3. The first-order valence-corrected chi connectivity index (χ1v) is 9.47. The monoisotopic (exact) mass is 420 g/mol. The Morgan fingerprint density at radius 1 is 1.07 bits per heavy atom. The van der Waals surface area contributed by atoms with Gasteiger partial charge < -0.3 is 4.74 Å². The van der Waals surface area contributed by atoms with Gasteiger partial charge in [0, 0.05) is 6.54 Å². The molecule has 1 aromatic carbocycles. The smallest absolute Gasteiger partial charge is 0.404 e. The van der Waals surface area contributed by atoms with Crippen molar-refractivity contribution in [3.8, 4) is 5.75 Å². The Labute approximate surface area is 152 Å². The first-order valence-electron chi connectivity index (χ1n) is 7.99. The van der Waals surface area contributed by atoms with Crippen LogP contribution < -0.4 is 9.46 Å². The molecular formula is C15H18F6N2O3S. The number of nitrogens with one attached hydrogen (secondary N) is 1. The fourth-order valence-corrected chi connectivity index (χ4v) is 4.03. The summed E-state index contributed by atoms with van der Waals surface area (Å²) in [6.07, 6.45) is -8.65. The number of hydrogen-bond acceptors (Lipinski definition) is 4. The third-order valence-electron chi connectivity index (χ3n) is 4.04. The lowest BCUT2D eigenvalue weighted by molar-refractivity contribution is -0.275. The number of halogens is 6. The van der Waals surface area contributed by atoms with Gasteiger partial charge in [0.25, 0.3) is 0 Å². The number of alkyl halides is 6. The fraction of sp³-hybridized carbons (Fsp3) is 0.600. The van der Waals surface area contributed by atoms with E-state index in [9.17, 15) is 34.8 Å². The molecule has 5 nitrogen and oxygen atoms in total. The van der Waals surface area contributed by atoms with Crippen LogP contribution in [0, 0.1) is 5.92 Å². The number of benzene rings is 1. The quantitative estimate of drug-likeness (QED) is 0.719. The van der Waals surface area contributed by atoms with Gasteiger partial charge in [-0.1, -0.05) is 12.1 Å². The molecule has 154 valence electrons. The standard InChI is InChI=1S/C15H18F6N2O3S/c16-14(17,18)10-23-7-5-11(6-8-23)9-22-27(24,25)13-4-2-1-3-12(13)26-15(19,20)21/h1-4,11,22H,5-10H2. The summed E-state index contributed by atoms with van der Waals surface area (Å²) in [5, 5.41) is 0. The molecule has 0 radical (unpaired) electrons. The van der Waals surface area contributed by atoms with Gasteiger partial charge in [0.15, 0.2) is 0 Å². The van der Waals surface area contributed by atoms with Crippen LogP contribution >= 0.6 is 0 Å². The maximum absolute atomic E-state index is 12.4. The lowest BCUT2D eigenvalue weighted by Crippen LogP contribution is -2.42. The van der Waals surface area contributed by atoms with Crippen LogP contribution in [-0.4, -0.2) is 52.0 Å². The van der Waals surface area contributed by atoms with Crippen molar-refractivity contribution in [1.82, 2.24) is 9.62 Å². The average molecular weight is 420 g/mol. The molecule has 0 atom stereocenters. The molecule has 0 spiro atoms. The summed E-state index contributed by atoms with van der Waals surface area (Å²) < 4.78 is 105. The molecule has 0 unspecified atom stereocenters. The second kappa shape index (κ2) is 8.23. The molecule has 27 heavy (non-hydrogen) atoms. The Morgan fingerprint density at radius 2 is 1.67 bits per heavy atom. The summed E-state index contributed by atoms with van der Waals surface area (Å²) in [4.78, 5) is 0.578. The van der Waals surface area contributed by atoms with Crippen LogP contribution in [0.25, 0.3) is 0 Å². The van der Waals surface area contributed by atoms with Crippen LogP contribution in [0.5, 0.6) is 5.75 Å². The van der Waals surface area contributed by atoms with Crippen molar-refractivity contribution in [3.63, 3.8) is 0 Å². The van der Waals surface area contributed by atoms with E-state index in [1.54, 1.807) is 0 Å². The number of para-hydroxylation sites is 1. The molecule has 0 aromatic heterocycles. The Kier molecular flexibility index (Phi) is 6.63. The molecule has 1 fully saturated rings. The maximum atomic E-state index is 12.4. The minimum atomic E-state index is -5.04. The predicted molar refractivity (Wildman–Crippen MR) is 83.5 cm³/mol. The fourth-order valence-electron chi connectivity index (χ4n) is 2.79. The number of sulfonamides is 1. The van der Waals surface area contributed by atoms with Gasteiger partial charge in [-0.05, 0) is 44.0 Å². The average Bonchev–Trinajstić information content (AvgIpc) is 2.52. The van der Waals surface area contributed by atoms with Crippen LogP contribution in [0.4, 0.5) is 26.3 Å². The van der Waals surface area contributed by atoms with Crippen LogP contribution in [0.3, 0.4) is 0 Å². The summed E-state index contributed by atoms with van der Waals surface area (Å²) in [6.45, 7) is -0.768. The lowest BCUT2D eigenvalue weighted by atomic mass is 9.97. The molecule has 1 saturated heterocycles.